The van der Waals surface area contributed by atoms with E-state index in [1.807, 2.05) is 12.1 Å². The van der Waals surface area contributed by atoms with Crippen molar-refractivity contribution in [1.82, 2.24) is 4.90 Å². The molecule has 2 aromatic carbocycles. The van der Waals surface area contributed by atoms with Crippen molar-refractivity contribution in [2.45, 2.75) is 29.5 Å². The molecule has 1 unspecified atom stereocenters. The van der Waals surface area contributed by atoms with Gasteiger partial charge in [-0.15, -0.1) is 0 Å². The molecule has 28 heavy (non-hydrogen) atoms. The van der Waals surface area contributed by atoms with Gasteiger partial charge >= 0.3 is 6.03 Å². The van der Waals surface area contributed by atoms with Crippen LogP contribution in [0.4, 0.5) is 19.3 Å². The summed E-state index contributed by atoms with van der Waals surface area (Å²) in [7, 11) is 3.16. The number of carbonyl (C=O) groups excluding carboxylic acids is 1. The molecule has 1 atom stereocenters. The highest BCUT2D eigenvalue weighted by molar-refractivity contribution is 7.99. The Hall–Kier alpha value is -2.48. The van der Waals surface area contributed by atoms with Gasteiger partial charge in [-0.25, -0.2) is 4.79 Å². The minimum Gasteiger partial charge on any atom is -0.497 e. The van der Waals surface area contributed by atoms with Crippen molar-refractivity contribution in [3.8, 4) is 11.5 Å². The Morgan fingerprint density at radius 1 is 1.21 bits per heavy atom. The number of ether oxygens (including phenoxy) is 2. The molecular weight excluding hydrogens is 386 g/mol. The molecule has 1 aliphatic rings. The van der Waals surface area contributed by atoms with Crippen molar-refractivity contribution in [2.24, 2.45) is 0 Å². The second-order valence-corrected chi connectivity index (χ2v) is 7.30. The van der Waals surface area contributed by atoms with Crippen molar-refractivity contribution in [3.05, 3.63) is 48.0 Å². The Balaban J connectivity index is 1.81. The molecule has 150 valence electrons. The Bertz CT molecular complexity index is 835. The van der Waals surface area contributed by atoms with Gasteiger partial charge in [0.25, 0.3) is 5.76 Å². The van der Waals surface area contributed by atoms with Crippen LogP contribution in [0.25, 0.3) is 0 Å². The first-order valence-electron chi connectivity index (χ1n) is 8.87. The highest BCUT2D eigenvalue weighted by Gasteiger charge is 2.32. The van der Waals surface area contributed by atoms with E-state index in [4.69, 9.17) is 9.47 Å². The number of para-hydroxylation sites is 1. The summed E-state index contributed by atoms with van der Waals surface area (Å²) in [5, 5.41) is 2.78. The number of rotatable bonds is 6. The summed E-state index contributed by atoms with van der Waals surface area (Å²) in [5.41, 5.74) is 1.27. The summed E-state index contributed by atoms with van der Waals surface area (Å²) >= 11 is 0.416. The maximum atomic E-state index is 12.9. The first-order valence-corrected chi connectivity index (χ1v) is 9.75. The van der Waals surface area contributed by atoms with Crippen molar-refractivity contribution >= 4 is 23.5 Å². The van der Waals surface area contributed by atoms with E-state index >= 15 is 0 Å². The van der Waals surface area contributed by atoms with Crippen LogP contribution in [-0.2, 0) is 0 Å². The smallest absolute Gasteiger partial charge is 0.322 e. The third-order valence-electron chi connectivity index (χ3n) is 4.66. The fraction of sp³-hybridized carbons (Fsp3) is 0.350. The molecule has 3 rings (SSSR count). The highest BCUT2D eigenvalue weighted by Crippen LogP contribution is 2.39. The number of methoxy groups -OCH3 is 2. The number of hydrogen-bond acceptors (Lipinski definition) is 4. The Kier molecular flexibility index (Phi) is 6.61. The summed E-state index contributed by atoms with van der Waals surface area (Å²) in [6.07, 6.45) is 1.64. The van der Waals surface area contributed by atoms with Gasteiger partial charge in [-0.05, 0) is 37.1 Å². The lowest BCUT2D eigenvalue weighted by Crippen LogP contribution is -2.34. The second-order valence-electron chi connectivity index (χ2n) is 6.26. The van der Waals surface area contributed by atoms with Crippen LogP contribution < -0.4 is 14.8 Å². The predicted molar refractivity (Wildman–Crippen MR) is 106 cm³/mol. The van der Waals surface area contributed by atoms with Crippen LogP contribution in [0, 0.1) is 0 Å². The molecule has 2 amide bonds. The predicted octanol–water partition coefficient (Wildman–Crippen LogP) is 5.39. The van der Waals surface area contributed by atoms with E-state index in [9.17, 15) is 13.6 Å². The molecule has 1 N–H and O–H groups in total. The number of halogens is 2. The lowest BCUT2D eigenvalue weighted by Gasteiger charge is -2.27. The number of carbonyl (C=O) groups is 1. The molecule has 5 nitrogen and oxygen atoms in total. The topological polar surface area (TPSA) is 50.8 Å². The average Bonchev–Trinajstić information content (AvgIpc) is 3.18. The van der Waals surface area contributed by atoms with Crippen molar-refractivity contribution in [1.29, 1.82) is 0 Å². The number of nitrogens with zero attached hydrogens (tertiary/aromatic N) is 1. The van der Waals surface area contributed by atoms with Gasteiger partial charge in [0.05, 0.1) is 25.9 Å². The van der Waals surface area contributed by atoms with Gasteiger partial charge < -0.3 is 19.7 Å². The molecule has 1 fully saturated rings. The highest BCUT2D eigenvalue weighted by atomic mass is 32.2. The zero-order valence-electron chi connectivity index (χ0n) is 15.7. The number of benzene rings is 2. The molecule has 1 heterocycles. The van der Waals surface area contributed by atoms with Gasteiger partial charge in [-0.2, -0.15) is 8.78 Å². The number of likely N-dealkylation sites (tertiary alicyclic amines) is 1. The SMILES string of the molecule is COc1ccc(C2CCCN2C(=O)Nc2ccccc2SC(F)F)c(OC)c1. The normalized spacial score (nSPS) is 16.3. The molecule has 0 saturated carbocycles. The van der Waals surface area contributed by atoms with Crippen molar-refractivity contribution < 1.29 is 23.0 Å². The molecule has 8 heteroatoms. The van der Waals surface area contributed by atoms with E-state index < -0.39 is 5.76 Å². The largest absolute Gasteiger partial charge is 0.497 e. The monoisotopic (exact) mass is 408 g/mol. The number of hydrogen-bond donors (Lipinski definition) is 1. The van der Waals surface area contributed by atoms with Crippen LogP contribution in [0.15, 0.2) is 47.4 Å². The van der Waals surface area contributed by atoms with Crippen LogP contribution >= 0.6 is 11.8 Å². The first kappa shape index (κ1) is 20.3. The van der Waals surface area contributed by atoms with E-state index in [-0.39, 0.29) is 12.1 Å². The van der Waals surface area contributed by atoms with Gasteiger partial charge in [-0.3, -0.25) is 0 Å². The number of alkyl halides is 2. The summed E-state index contributed by atoms with van der Waals surface area (Å²) < 4.78 is 36.3. The maximum Gasteiger partial charge on any atom is 0.322 e. The molecule has 1 saturated heterocycles. The maximum absolute atomic E-state index is 12.9. The van der Waals surface area contributed by atoms with E-state index in [2.05, 4.69) is 5.32 Å². The second kappa shape index (κ2) is 9.14. The van der Waals surface area contributed by atoms with Crippen LogP contribution in [0.5, 0.6) is 11.5 Å². The molecule has 0 spiro atoms. The van der Waals surface area contributed by atoms with Gasteiger partial charge in [0, 0.05) is 23.1 Å². The zero-order chi connectivity index (χ0) is 20.1. The van der Waals surface area contributed by atoms with Gasteiger partial charge in [0.2, 0.25) is 0 Å². The summed E-state index contributed by atoms with van der Waals surface area (Å²) in [5.74, 6) is -1.23. The summed E-state index contributed by atoms with van der Waals surface area (Å²) in [6.45, 7) is 0.579. The Morgan fingerprint density at radius 2 is 2.00 bits per heavy atom. The van der Waals surface area contributed by atoms with E-state index in [0.717, 1.165) is 18.4 Å². The van der Waals surface area contributed by atoms with E-state index in [0.29, 0.717) is 40.4 Å². The lowest BCUT2D eigenvalue weighted by atomic mass is 10.0. The standard InChI is InChI=1S/C20H22F2N2O3S/c1-26-13-9-10-14(17(12-13)27-2)16-7-5-11-24(16)20(25)23-15-6-3-4-8-18(15)28-19(21)22/h3-4,6,8-10,12,16,19H,5,7,11H2,1-2H3,(H,23,25). The molecule has 0 aliphatic carbocycles. The number of urea groups is 1. The molecular formula is C20H22F2N2O3S. The zero-order valence-corrected chi connectivity index (χ0v) is 16.5. The number of thioether (sulfide) groups is 1. The summed E-state index contributed by atoms with van der Waals surface area (Å²) in [6, 6.07) is 11.6. The lowest BCUT2D eigenvalue weighted by molar-refractivity contribution is 0.206. The number of anilines is 1. The quantitative estimate of drug-likeness (QED) is 0.652. The fourth-order valence-electron chi connectivity index (χ4n) is 3.38. The fourth-order valence-corrected chi connectivity index (χ4v) is 3.98. The van der Waals surface area contributed by atoms with E-state index in [1.165, 1.54) is 0 Å². The van der Waals surface area contributed by atoms with Crippen LogP contribution in [0.3, 0.4) is 0 Å². The third-order valence-corrected chi connectivity index (χ3v) is 5.45. The molecule has 2 aromatic rings. The van der Waals surface area contributed by atoms with Crippen molar-refractivity contribution in [2.75, 3.05) is 26.1 Å². The van der Waals surface area contributed by atoms with Crippen LogP contribution in [0.1, 0.15) is 24.4 Å². The third kappa shape index (κ3) is 4.49. The Morgan fingerprint density at radius 3 is 2.71 bits per heavy atom. The first-order chi connectivity index (χ1) is 13.5. The molecule has 1 aliphatic heterocycles. The number of amides is 2. The van der Waals surface area contributed by atoms with E-state index in [1.54, 1.807) is 49.5 Å². The van der Waals surface area contributed by atoms with Gasteiger partial charge in [-0.1, -0.05) is 23.9 Å². The van der Waals surface area contributed by atoms with Crippen molar-refractivity contribution in [3.63, 3.8) is 0 Å². The van der Waals surface area contributed by atoms with Gasteiger partial charge in [0.15, 0.2) is 0 Å². The summed E-state index contributed by atoms with van der Waals surface area (Å²) in [4.78, 5) is 15.0. The molecule has 0 aromatic heterocycles. The minimum atomic E-state index is -2.55. The average molecular weight is 408 g/mol. The Labute approximate surface area is 167 Å². The number of nitrogens with one attached hydrogen (secondary N) is 1. The minimum absolute atomic E-state index is 0.157. The van der Waals surface area contributed by atoms with Crippen LogP contribution in [0.2, 0.25) is 0 Å². The molecule has 0 bridgehead atoms. The van der Waals surface area contributed by atoms with Gasteiger partial charge in [0.1, 0.15) is 11.5 Å². The van der Waals surface area contributed by atoms with Crippen LogP contribution in [-0.4, -0.2) is 37.5 Å². The molecule has 0 radical (unpaired) electrons.